The Hall–Kier alpha value is -5.07. The Morgan fingerprint density at radius 1 is 0.800 bits per heavy atom. The van der Waals surface area contributed by atoms with Crippen LogP contribution in [0.1, 0.15) is 73.4 Å². The van der Waals surface area contributed by atoms with Gasteiger partial charge in [0.15, 0.2) is 6.10 Å². The predicted octanol–water partition coefficient (Wildman–Crippen LogP) is 5.04. The number of ether oxygens (including phenoxy) is 4. The van der Waals surface area contributed by atoms with E-state index in [9.17, 15) is 14.4 Å². The molecule has 6 rings (SSSR count). The minimum Gasteiger partial charge on any atom is -0.431 e. The summed E-state index contributed by atoms with van der Waals surface area (Å²) in [7, 11) is 1.28. The third-order valence-corrected chi connectivity index (χ3v) is 9.24. The fourth-order valence-electron chi connectivity index (χ4n) is 6.95. The van der Waals surface area contributed by atoms with Gasteiger partial charge in [0.2, 0.25) is 0 Å². The molecule has 4 heterocycles. The number of benzene rings is 2. The number of H-pyrrole nitrogens is 1. The van der Waals surface area contributed by atoms with Crippen LogP contribution in [0.15, 0.2) is 54.7 Å². The summed E-state index contributed by atoms with van der Waals surface area (Å²) < 4.78 is 24.0. The summed E-state index contributed by atoms with van der Waals surface area (Å²) in [5, 5.41) is 4.11. The second kappa shape index (κ2) is 11.2. The number of hydrogen-bond donors (Lipinski definition) is 2. The van der Waals surface area contributed by atoms with E-state index in [-0.39, 0.29) is 0 Å². The zero-order valence-electron chi connectivity index (χ0n) is 30.0. The van der Waals surface area contributed by atoms with E-state index in [0.29, 0.717) is 22.2 Å². The lowest BCUT2D eigenvalue weighted by Crippen LogP contribution is -2.75. The first-order valence-corrected chi connectivity index (χ1v) is 16.5. The van der Waals surface area contributed by atoms with E-state index in [1.807, 2.05) is 30.3 Å². The van der Waals surface area contributed by atoms with Crippen LogP contribution in [0.4, 0.5) is 10.5 Å². The number of esters is 2. The third kappa shape index (κ3) is 5.08. The maximum atomic E-state index is 15.2. The molecule has 13 nitrogen and oxygen atoms in total. The largest absolute Gasteiger partial charge is 0.509 e. The number of anilines is 1. The second-order valence-electron chi connectivity index (χ2n) is 16.1. The Kier molecular flexibility index (Phi) is 7.81. The summed E-state index contributed by atoms with van der Waals surface area (Å²) in [6.45, 7) is 14.7. The van der Waals surface area contributed by atoms with Gasteiger partial charge < -0.3 is 29.2 Å². The molecule has 3 aliphatic heterocycles. The van der Waals surface area contributed by atoms with Crippen LogP contribution in [0.5, 0.6) is 0 Å². The van der Waals surface area contributed by atoms with Crippen molar-refractivity contribution in [2.45, 2.75) is 97.6 Å². The molecule has 0 aliphatic carbocycles. The number of nitrogens with one attached hydrogen (secondary N) is 2. The van der Waals surface area contributed by atoms with Crippen LogP contribution in [0.2, 0.25) is 0 Å². The van der Waals surface area contributed by atoms with Gasteiger partial charge in [0.05, 0.1) is 10.8 Å². The third-order valence-electron chi connectivity index (χ3n) is 9.24. The lowest BCUT2D eigenvalue weighted by atomic mass is 9.69. The highest BCUT2D eigenvalue weighted by Crippen LogP contribution is 2.62. The van der Waals surface area contributed by atoms with Gasteiger partial charge >= 0.3 is 23.8 Å². The molecule has 5 atom stereocenters. The van der Waals surface area contributed by atoms with E-state index in [0.717, 1.165) is 15.3 Å². The molecule has 0 spiro atoms. The minimum absolute atomic E-state index is 0.552. The number of rotatable bonds is 4. The molecule has 266 valence electrons. The van der Waals surface area contributed by atoms with Crippen molar-refractivity contribution in [3.05, 3.63) is 65.9 Å². The molecule has 1 aromatic heterocycles. The predicted molar refractivity (Wildman–Crippen MR) is 181 cm³/mol. The van der Waals surface area contributed by atoms with Crippen LogP contribution in [-0.2, 0) is 43.5 Å². The fourth-order valence-corrected chi connectivity index (χ4v) is 6.95. The number of likely N-dealkylation sites (N-methyl/N-ethyl adjacent to an activating group) is 1. The van der Waals surface area contributed by atoms with Gasteiger partial charge in [-0.1, -0.05) is 36.4 Å². The maximum Gasteiger partial charge on any atom is 0.509 e. The number of amides is 2. The smallest absolute Gasteiger partial charge is 0.431 e. The standard InChI is InChI=1S/C37H44N4O9/c1-33(2,3)30(44)47-26-25(42)41-28-36(21-16-12-14-18-24(21)39-28,22-19-38-23-17-13-11-15-20(22)23)27(48-32(46)50-35(7,8)9)37(41,29(43)40(26)10)49-31(45)34(4,5)6/h11-19,26-28,38-39H,1-10H3/t26-,27+,28-,36-,37+/m1/s1. The summed E-state index contributed by atoms with van der Waals surface area (Å²) in [6.07, 6.45) is -4.08. The molecular weight excluding hydrogens is 644 g/mol. The summed E-state index contributed by atoms with van der Waals surface area (Å²) in [4.78, 5) is 76.6. The maximum absolute atomic E-state index is 15.2. The summed E-state index contributed by atoms with van der Waals surface area (Å²) in [6, 6.07) is 14.6. The molecule has 2 aromatic carbocycles. The minimum atomic E-state index is -2.60. The molecule has 2 amide bonds. The topological polar surface area (TPSA) is 157 Å². The van der Waals surface area contributed by atoms with Gasteiger partial charge in [-0.2, -0.15) is 0 Å². The summed E-state index contributed by atoms with van der Waals surface area (Å²) in [5.41, 5.74) is -4.98. The van der Waals surface area contributed by atoms with Gasteiger partial charge in [0, 0.05) is 29.8 Å². The van der Waals surface area contributed by atoms with Crippen LogP contribution in [0, 0.1) is 10.8 Å². The highest BCUT2D eigenvalue weighted by molar-refractivity contribution is 6.04. The van der Waals surface area contributed by atoms with E-state index < -0.39 is 76.0 Å². The van der Waals surface area contributed by atoms with E-state index in [2.05, 4.69) is 10.3 Å². The number of hydrogen-bond acceptors (Lipinski definition) is 10. The monoisotopic (exact) mass is 688 g/mol. The van der Waals surface area contributed by atoms with Crippen molar-refractivity contribution < 1.29 is 42.9 Å². The molecule has 13 heteroatoms. The second-order valence-corrected chi connectivity index (χ2v) is 16.1. The van der Waals surface area contributed by atoms with E-state index in [4.69, 9.17) is 18.9 Å². The fraction of sp³-hybridized carbons (Fsp3) is 0.486. The zero-order valence-corrected chi connectivity index (χ0v) is 30.0. The Balaban J connectivity index is 1.70. The first-order chi connectivity index (χ1) is 23.2. The van der Waals surface area contributed by atoms with Gasteiger partial charge in [0.25, 0.3) is 18.0 Å². The number of piperazine rings is 1. The Bertz CT molecular complexity index is 1920. The Labute approximate surface area is 290 Å². The normalized spacial score (nSPS) is 26.2. The number of carbonyl (C=O) groups excluding carboxylic acids is 5. The van der Waals surface area contributed by atoms with Crippen molar-refractivity contribution in [1.29, 1.82) is 0 Å². The zero-order chi connectivity index (χ0) is 36.8. The van der Waals surface area contributed by atoms with Gasteiger partial charge in [-0.05, 0) is 85.6 Å². The molecule has 0 radical (unpaired) electrons. The molecular formula is C37H44N4O9. The first-order valence-electron chi connectivity index (χ1n) is 16.5. The van der Waals surface area contributed by atoms with Crippen molar-refractivity contribution in [2.24, 2.45) is 10.8 Å². The van der Waals surface area contributed by atoms with Crippen LogP contribution in [0.3, 0.4) is 0 Å². The van der Waals surface area contributed by atoms with Crippen molar-refractivity contribution in [3.8, 4) is 0 Å². The number of nitrogens with zero attached hydrogens (tertiary/aromatic N) is 2. The lowest BCUT2D eigenvalue weighted by Gasteiger charge is -2.49. The lowest BCUT2D eigenvalue weighted by molar-refractivity contribution is -0.239. The Morgan fingerprint density at radius 3 is 2.06 bits per heavy atom. The van der Waals surface area contributed by atoms with Gasteiger partial charge in [-0.15, -0.1) is 0 Å². The van der Waals surface area contributed by atoms with Crippen LogP contribution in [0.25, 0.3) is 10.9 Å². The van der Waals surface area contributed by atoms with Crippen molar-refractivity contribution in [3.63, 3.8) is 0 Å². The van der Waals surface area contributed by atoms with Crippen LogP contribution >= 0.6 is 0 Å². The molecule has 3 aliphatic rings. The number of para-hydroxylation sites is 2. The molecule has 0 unspecified atom stereocenters. The van der Waals surface area contributed by atoms with E-state index in [1.165, 1.54) is 7.05 Å². The number of carbonyl (C=O) groups is 5. The average Bonchev–Trinajstić information content (AvgIpc) is 3.64. The van der Waals surface area contributed by atoms with Gasteiger partial charge in [-0.3, -0.25) is 29.0 Å². The number of aromatic amines is 1. The van der Waals surface area contributed by atoms with Crippen LogP contribution in [-0.4, -0.2) is 81.6 Å². The molecule has 2 N–H and O–H groups in total. The van der Waals surface area contributed by atoms with E-state index in [1.54, 1.807) is 86.7 Å². The molecule has 2 fully saturated rings. The van der Waals surface area contributed by atoms with E-state index >= 15 is 9.59 Å². The van der Waals surface area contributed by atoms with Crippen molar-refractivity contribution in [2.75, 3.05) is 12.4 Å². The average molecular weight is 689 g/mol. The van der Waals surface area contributed by atoms with Gasteiger partial charge in [-0.25, -0.2) is 4.79 Å². The first kappa shape index (κ1) is 34.8. The SMILES string of the molecule is CN1C(=O)[C@@]2(OC(=O)C(C)(C)C)[C@@H](OC(=O)OC(C)(C)C)[C@]3(c4c[nH]c5ccccc45)c4ccccc4N[C@@H]3N2C(=O)[C@H]1OC(=O)C(C)(C)C. The molecule has 2 saturated heterocycles. The molecule has 0 bridgehead atoms. The van der Waals surface area contributed by atoms with Crippen molar-refractivity contribution >= 4 is 46.5 Å². The summed E-state index contributed by atoms with van der Waals surface area (Å²) in [5.74, 6) is -3.39. The highest BCUT2D eigenvalue weighted by Gasteiger charge is 2.82. The molecule has 0 saturated carbocycles. The van der Waals surface area contributed by atoms with Gasteiger partial charge in [0.1, 0.15) is 17.2 Å². The quantitative estimate of drug-likeness (QED) is 0.281. The van der Waals surface area contributed by atoms with Crippen LogP contribution < -0.4 is 5.32 Å². The molecule has 50 heavy (non-hydrogen) atoms. The summed E-state index contributed by atoms with van der Waals surface area (Å²) >= 11 is 0. The highest BCUT2D eigenvalue weighted by atomic mass is 16.7. The Morgan fingerprint density at radius 2 is 1.42 bits per heavy atom. The number of aromatic nitrogens is 1. The molecule has 3 aromatic rings. The number of fused-ring (bicyclic) bond motifs is 6. The van der Waals surface area contributed by atoms with Crippen molar-refractivity contribution in [1.82, 2.24) is 14.8 Å².